The Bertz CT molecular complexity index is 1180. The van der Waals surface area contributed by atoms with Gasteiger partial charge in [-0.15, -0.1) is 0 Å². The number of aromatic amines is 1. The monoisotopic (exact) mass is 462 g/mol. The molecule has 0 unspecified atom stereocenters. The molecule has 1 amide bonds. The van der Waals surface area contributed by atoms with Crippen molar-refractivity contribution >= 4 is 33.2 Å². The zero-order valence-corrected chi connectivity index (χ0v) is 18.0. The van der Waals surface area contributed by atoms with Gasteiger partial charge in [0.05, 0.1) is 16.1 Å². The first-order valence-electron chi connectivity index (χ1n) is 9.69. The van der Waals surface area contributed by atoms with Crippen LogP contribution in [0.2, 0.25) is 5.02 Å². The van der Waals surface area contributed by atoms with Crippen LogP contribution in [0.5, 0.6) is 0 Å². The topological polar surface area (TPSA) is 95.2 Å². The fourth-order valence-electron chi connectivity index (χ4n) is 3.62. The summed E-state index contributed by atoms with van der Waals surface area (Å²) >= 11 is 5.68. The molecule has 3 aromatic rings. The zero-order chi connectivity index (χ0) is 22.0. The molecule has 1 saturated heterocycles. The molecule has 1 aromatic heterocycles. The van der Waals surface area contributed by atoms with Crippen molar-refractivity contribution in [3.05, 3.63) is 76.8 Å². The first kappa shape index (κ1) is 21.3. The Morgan fingerprint density at radius 3 is 2.48 bits per heavy atom. The molecule has 0 saturated carbocycles. The number of anilines is 1. The average Bonchev–Trinajstić information content (AvgIpc) is 3.30. The Kier molecular flexibility index (Phi) is 5.97. The molecule has 1 fully saturated rings. The van der Waals surface area contributed by atoms with Crippen molar-refractivity contribution in [2.24, 2.45) is 0 Å². The third-order valence-corrected chi connectivity index (χ3v) is 7.03. The molecule has 1 aliphatic heterocycles. The minimum Gasteiger partial charge on any atom is -0.339 e. The fourth-order valence-corrected chi connectivity index (χ4v) is 4.95. The molecule has 7 nitrogen and oxygen atoms in total. The van der Waals surface area contributed by atoms with E-state index in [9.17, 15) is 17.6 Å². The van der Waals surface area contributed by atoms with Crippen molar-refractivity contribution in [2.45, 2.75) is 23.7 Å². The molecule has 2 aromatic carbocycles. The summed E-state index contributed by atoms with van der Waals surface area (Å²) in [4.78, 5) is 14.4. The van der Waals surface area contributed by atoms with E-state index in [2.05, 4.69) is 14.9 Å². The number of halogens is 2. The van der Waals surface area contributed by atoms with Gasteiger partial charge in [0.2, 0.25) is 0 Å². The van der Waals surface area contributed by atoms with Crippen LogP contribution in [0.15, 0.2) is 59.8 Å². The maximum absolute atomic E-state index is 13.3. The van der Waals surface area contributed by atoms with Crippen LogP contribution in [-0.4, -0.2) is 42.5 Å². The highest BCUT2D eigenvalue weighted by molar-refractivity contribution is 7.92. The molecule has 31 heavy (non-hydrogen) atoms. The van der Waals surface area contributed by atoms with Gasteiger partial charge in [-0.1, -0.05) is 11.6 Å². The van der Waals surface area contributed by atoms with Gasteiger partial charge in [-0.05, 0) is 66.8 Å². The van der Waals surface area contributed by atoms with Crippen LogP contribution in [0.4, 0.5) is 10.1 Å². The van der Waals surface area contributed by atoms with Gasteiger partial charge in [0, 0.05) is 30.5 Å². The summed E-state index contributed by atoms with van der Waals surface area (Å²) in [5, 5.41) is 6.53. The van der Waals surface area contributed by atoms with Gasteiger partial charge in [0.1, 0.15) is 5.82 Å². The third kappa shape index (κ3) is 4.72. The number of nitrogens with zero attached hydrogens (tertiary/aromatic N) is 2. The fraction of sp³-hybridized carbons (Fsp3) is 0.238. The van der Waals surface area contributed by atoms with E-state index < -0.39 is 15.8 Å². The molecule has 2 N–H and O–H groups in total. The zero-order valence-electron chi connectivity index (χ0n) is 16.4. The van der Waals surface area contributed by atoms with E-state index in [1.54, 1.807) is 17.0 Å². The predicted octanol–water partition coefficient (Wildman–Crippen LogP) is 4.02. The van der Waals surface area contributed by atoms with E-state index in [4.69, 9.17) is 11.6 Å². The lowest BCUT2D eigenvalue weighted by atomic mass is 9.91. The first-order chi connectivity index (χ1) is 14.8. The molecule has 162 valence electrons. The van der Waals surface area contributed by atoms with Crippen LogP contribution in [0.3, 0.4) is 0 Å². The van der Waals surface area contributed by atoms with Gasteiger partial charge in [0.15, 0.2) is 0 Å². The van der Waals surface area contributed by atoms with E-state index in [1.165, 1.54) is 12.1 Å². The molecule has 0 atom stereocenters. The highest BCUT2D eigenvalue weighted by Gasteiger charge is 2.25. The lowest BCUT2D eigenvalue weighted by Gasteiger charge is -2.31. The maximum Gasteiger partial charge on any atom is 0.261 e. The van der Waals surface area contributed by atoms with Gasteiger partial charge in [-0.2, -0.15) is 5.10 Å². The van der Waals surface area contributed by atoms with Gasteiger partial charge < -0.3 is 4.90 Å². The van der Waals surface area contributed by atoms with Crippen LogP contribution in [0.1, 0.15) is 34.7 Å². The lowest BCUT2D eigenvalue weighted by molar-refractivity contribution is 0.0713. The number of carbonyl (C=O) groups is 1. The molecule has 1 aliphatic rings. The lowest BCUT2D eigenvalue weighted by Crippen LogP contribution is -2.37. The van der Waals surface area contributed by atoms with Crippen LogP contribution >= 0.6 is 11.6 Å². The number of aromatic nitrogens is 2. The molecule has 2 heterocycles. The minimum absolute atomic E-state index is 0.0923. The second-order valence-electron chi connectivity index (χ2n) is 7.36. The number of hydrogen-bond acceptors (Lipinski definition) is 4. The summed E-state index contributed by atoms with van der Waals surface area (Å²) < 4.78 is 40.7. The minimum atomic E-state index is -3.94. The number of benzene rings is 2. The van der Waals surface area contributed by atoms with E-state index in [1.807, 2.05) is 12.4 Å². The molecular formula is C21H20ClFN4O3S. The molecule has 0 spiro atoms. The Morgan fingerprint density at radius 2 is 1.87 bits per heavy atom. The molecule has 0 radical (unpaired) electrons. The molecule has 10 heteroatoms. The van der Waals surface area contributed by atoms with Crippen LogP contribution in [-0.2, 0) is 10.0 Å². The molecule has 0 bridgehead atoms. The summed E-state index contributed by atoms with van der Waals surface area (Å²) in [5.74, 6) is -0.401. The van der Waals surface area contributed by atoms with Crippen LogP contribution in [0, 0.1) is 5.82 Å². The van der Waals surface area contributed by atoms with Crippen molar-refractivity contribution in [3.8, 4) is 0 Å². The number of likely N-dealkylation sites (tertiary alicyclic amines) is 1. The van der Waals surface area contributed by atoms with E-state index >= 15 is 0 Å². The number of rotatable bonds is 5. The second kappa shape index (κ2) is 8.68. The highest BCUT2D eigenvalue weighted by atomic mass is 35.5. The number of amides is 1. The Labute approximate surface area is 184 Å². The standard InChI is InChI=1S/C21H20ClFN4O3S/c22-19-11-18(5-6-20(19)23)31(29,30)26-17-3-1-15(2-4-17)21(28)27-9-7-14(8-10-27)16-12-24-25-13-16/h1-6,11-14,26H,7-10H2,(H,24,25). The van der Waals surface area contributed by atoms with E-state index in [0.717, 1.165) is 36.6 Å². The second-order valence-corrected chi connectivity index (χ2v) is 9.45. The van der Waals surface area contributed by atoms with Gasteiger partial charge in [0.25, 0.3) is 15.9 Å². The summed E-state index contributed by atoms with van der Waals surface area (Å²) in [6.45, 7) is 1.29. The summed E-state index contributed by atoms with van der Waals surface area (Å²) in [6, 6.07) is 9.38. The Balaban J connectivity index is 1.40. The predicted molar refractivity (Wildman–Crippen MR) is 115 cm³/mol. The number of sulfonamides is 1. The Morgan fingerprint density at radius 1 is 1.16 bits per heavy atom. The SMILES string of the molecule is O=C(c1ccc(NS(=O)(=O)c2ccc(F)c(Cl)c2)cc1)N1CCC(c2cn[nH]c2)CC1. The highest BCUT2D eigenvalue weighted by Crippen LogP contribution is 2.28. The van der Waals surface area contributed by atoms with Gasteiger partial charge in [-0.3, -0.25) is 14.6 Å². The smallest absolute Gasteiger partial charge is 0.261 e. The maximum atomic E-state index is 13.3. The van der Waals surface area contributed by atoms with Crippen molar-refractivity contribution in [2.75, 3.05) is 17.8 Å². The summed E-state index contributed by atoms with van der Waals surface area (Å²) in [6.07, 6.45) is 5.44. The van der Waals surface area contributed by atoms with Crippen molar-refractivity contribution in [1.29, 1.82) is 0 Å². The molecule has 0 aliphatic carbocycles. The normalized spacial score (nSPS) is 15.1. The average molecular weight is 463 g/mol. The van der Waals surface area contributed by atoms with E-state index in [-0.39, 0.29) is 21.5 Å². The van der Waals surface area contributed by atoms with Crippen molar-refractivity contribution in [1.82, 2.24) is 15.1 Å². The molecular weight excluding hydrogens is 443 g/mol. The summed E-state index contributed by atoms with van der Waals surface area (Å²) in [5.41, 5.74) is 1.93. The van der Waals surface area contributed by atoms with Crippen molar-refractivity contribution in [3.63, 3.8) is 0 Å². The summed E-state index contributed by atoms with van der Waals surface area (Å²) in [7, 11) is -3.94. The number of H-pyrrole nitrogens is 1. The third-order valence-electron chi connectivity index (χ3n) is 5.36. The quantitative estimate of drug-likeness (QED) is 0.598. The van der Waals surface area contributed by atoms with Crippen molar-refractivity contribution < 1.29 is 17.6 Å². The van der Waals surface area contributed by atoms with Gasteiger partial charge in [-0.25, -0.2) is 12.8 Å². The van der Waals surface area contributed by atoms with E-state index in [0.29, 0.717) is 24.6 Å². The number of nitrogens with one attached hydrogen (secondary N) is 2. The van der Waals surface area contributed by atoms with Gasteiger partial charge >= 0.3 is 0 Å². The number of hydrogen-bond donors (Lipinski definition) is 2. The van der Waals surface area contributed by atoms with Crippen LogP contribution < -0.4 is 4.72 Å². The number of carbonyl (C=O) groups excluding carboxylic acids is 1. The first-order valence-corrected chi connectivity index (χ1v) is 11.6. The molecule has 4 rings (SSSR count). The van der Waals surface area contributed by atoms with Crippen LogP contribution in [0.25, 0.3) is 0 Å². The number of piperidine rings is 1. The largest absolute Gasteiger partial charge is 0.339 e. The Hall–Kier alpha value is -2.91.